The van der Waals surface area contributed by atoms with Gasteiger partial charge in [-0.15, -0.1) is 0 Å². The molecule has 3 heteroatoms. The van der Waals surface area contributed by atoms with Crippen molar-refractivity contribution in [3.8, 4) is 5.75 Å². The van der Waals surface area contributed by atoms with Gasteiger partial charge in [0.05, 0.1) is 12.0 Å². The number of carbonyl (C=O) groups excluding carboxylic acids is 1. The predicted molar refractivity (Wildman–Crippen MR) is 83.3 cm³/mol. The maximum atomic E-state index is 12.5. The van der Waals surface area contributed by atoms with Crippen LogP contribution in [0, 0.1) is 5.41 Å². The Morgan fingerprint density at radius 2 is 1.95 bits per heavy atom. The van der Waals surface area contributed by atoms with Crippen LogP contribution in [0.1, 0.15) is 62.7 Å². The van der Waals surface area contributed by atoms with Gasteiger partial charge in [0.1, 0.15) is 11.4 Å². The zero-order valence-corrected chi connectivity index (χ0v) is 13.8. The maximum absolute atomic E-state index is 12.5. The fraction of sp³-hybridized carbons (Fsp3) is 0.588. The highest BCUT2D eigenvalue weighted by Crippen LogP contribution is 2.45. The third-order valence-electron chi connectivity index (χ3n) is 4.79. The molecule has 0 amide bonds. The molecule has 0 bridgehead atoms. The molecule has 3 rings (SSSR count). The minimum atomic E-state index is -0.258. The van der Waals surface area contributed by atoms with Crippen LogP contribution >= 0.6 is 15.9 Å². The number of carbonyl (C=O) groups is 1. The Morgan fingerprint density at radius 3 is 2.75 bits per heavy atom. The zero-order valence-electron chi connectivity index (χ0n) is 12.2. The van der Waals surface area contributed by atoms with Crippen LogP contribution in [0.4, 0.5) is 0 Å². The quantitative estimate of drug-likeness (QED) is 0.655. The second kappa shape index (κ2) is 4.87. The number of hydrogen-bond acceptors (Lipinski definition) is 2. The molecule has 1 atom stereocenters. The number of benzene rings is 1. The second-order valence-corrected chi connectivity index (χ2v) is 7.96. The number of fused-ring (bicyclic) bond motifs is 1. The van der Waals surface area contributed by atoms with Gasteiger partial charge in [0.25, 0.3) is 0 Å². The molecule has 1 heterocycles. The van der Waals surface area contributed by atoms with Crippen molar-refractivity contribution in [3.05, 3.63) is 28.2 Å². The second-order valence-electron chi connectivity index (χ2n) is 7.04. The third-order valence-corrected chi connectivity index (χ3v) is 5.29. The van der Waals surface area contributed by atoms with Crippen LogP contribution in [0.15, 0.2) is 22.7 Å². The summed E-state index contributed by atoms with van der Waals surface area (Å²) in [5, 5.41) is 0. The Balaban J connectivity index is 1.90. The van der Waals surface area contributed by atoms with E-state index in [-0.39, 0.29) is 11.4 Å². The highest BCUT2D eigenvalue weighted by Gasteiger charge is 2.42. The topological polar surface area (TPSA) is 26.3 Å². The molecule has 1 aromatic carbocycles. The fourth-order valence-electron chi connectivity index (χ4n) is 3.45. The van der Waals surface area contributed by atoms with Gasteiger partial charge >= 0.3 is 0 Å². The summed E-state index contributed by atoms with van der Waals surface area (Å²) in [7, 11) is 0. The van der Waals surface area contributed by atoms with Crippen LogP contribution in [0.25, 0.3) is 0 Å². The molecular formula is C17H21BrO2. The molecule has 1 saturated carbocycles. The van der Waals surface area contributed by atoms with Crippen molar-refractivity contribution in [2.75, 3.05) is 0 Å². The lowest BCUT2D eigenvalue weighted by Crippen LogP contribution is -2.41. The molecule has 1 aromatic rings. The van der Waals surface area contributed by atoms with E-state index in [1.54, 1.807) is 0 Å². The molecule has 1 fully saturated rings. The number of ether oxygens (including phenoxy) is 1. The predicted octanol–water partition coefficient (Wildman–Crippen LogP) is 5.14. The molecular weight excluding hydrogens is 316 g/mol. The lowest BCUT2D eigenvalue weighted by molar-refractivity contribution is 0.0277. The first-order chi connectivity index (χ1) is 9.39. The molecule has 108 valence electrons. The average molecular weight is 337 g/mol. The molecule has 0 saturated heterocycles. The summed E-state index contributed by atoms with van der Waals surface area (Å²) >= 11 is 3.43. The molecule has 1 aliphatic carbocycles. The number of ketones is 1. The molecule has 0 radical (unpaired) electrons. The maximum Gasteiger partial charge on any atom is 0.170 e. The highest BCUT2D eigenvalue weighted by atomic mass is 79.9. The number of rotatable bonds is 0. The highest BCUT2D eigenvalue weighted by molar-refractivity contribution is 9.10. The van der Waals surface area contributed by atoms with Crippen LogP contribution in [0.3, 0.4) is 0 Å². The first-order valence-corrected chi connectivity index (χ1v) is 8.20. The zero-order chi connectivity index (χ0) is 14.4. The van der Waals surface area contributed by atoms with E-state index in [0.717, 1.165) is 41.5 Å². The first-order valence-electron chi connectivity index (χ1n) is 7.41. The van der Waals surface area contributed by atoms with E-state index in [1.807, 2.05) is 18.2 Å². The van der Waals surface area contributed by atoms with E-state index in [2.05, 4.69) is 29.8 Å². The van der Waals surface area contributed by atoms with Crippen molar-refractivity contribution in [1.82, 2.24) is 0 Å². The molecule has 1 spiro atoms. The standard InChI is InChI=1S/C17H21BrO2/c1-16(2)6-3-7-17(9-8-16)11-14(19)13-10-12(18)4-5-15(13)20-17/h4-5,10H,3,6-9,11H2,1-2H3. The van der Waals surface area contributed by atoms with Crippen LogP contribution < -0.4 is 4.74 Å². The minimum absolute atomic E-state index is 0.229. The van der Waals surface area contributed by atoms with Crippen LogP contribution in [-0.2, 0) is 0 Å². The lowest BCUT2D eigenvalue weighted by atomic mass is 9.81. The number of hydrogen-bond donors (Lipinski definition) is 0. The van der Waals surface area contributed by atoms with E-state index in [4.69, 9.17) is 4.74 Å². The van der Waals surface area contributed by atoms with Gasteiger partial charge in [-0.3, -0.25) is 4.79 Å². The van der Waals surface area contributed by atoms with Crippen LogP contribution in [-0.4, -0.2) is 11.4 Å². The van der Waals surface area contributed by atoms with Crippen molar-refractivity contribution in [1.29, 1.82) is 0 Å². The Hall–Kier alpha value is -0.830. The Kier molecular flexibility index (Phi) is 3.44. The Bertz CT molecular complexity index is 550. The van der Waals surface area contributed by atoms with Crippen molar-refractivity contribution in [3.63, 3.8) is 0 Å². The minimum Gasteiger partial charge on any atom is -0.486 e. The molecule has 1 unspecified atom stereocenters. The van der Waals surface area contributed by atoms with E-state index < -0.39 is 0 Å². The summed E-state index contributed by atoms with van der Waals surface area (Å²) in [4.78, 5) is 12.5. The summed E-state index contributed by atoms with van der Waals surface area (Å²) in [5.74, 6) is 0.997. The Labute approximate surface area is 129 Å². The van der Waals surface area contributed by atoms with Gasteiger partial charge in [0.15, 0.2) is 5.78 Å². The SMILES string of the molecule is CC1(C)CCCC2(CC1)CC(=O)c1cc(Br)ccc1O2. The fourth-order valence-corrected chi connectivity index (χ4v) is 3.81. The van der Waals surface area contributed by atoms with E-state index in [9.17, 15) is 4.79 Å². The summed E-state index contributed by atoms with van der Waals surface area (Å²) < 4.78 is 7.25. The van der Waals surface area contributed by atoms with Gasteiger partial charge in [-0.05, 0) is 55.7 Å². The molecule has 2 aliphatic rings. The van der Waals surface area contributed by atoms with Crippen molar-refractivity contribution < 1.29 is 9.53 Å². The van der Waals surface area contributed by atoms with Gasteiger partial charge in [-0.2, -0.15) is 0 Å². The summed E-state index contributed by atoms with van der Waals surface area (Å²) in [6.45, 7) is 4.64. The van der Waals surface area contributed by atoms with Crippen molar-refractivity contribution in [2.24, 2.45) is 5.41 Å². The molecule has 0 N–H and O–H groups in total. The van der Waals surface area contributed by atoms with E-state index in [0.29, 0.717) is 11.8 Å². The number of halogens is 1. The van der Waals surface area contributed by atoms with Crippen LogP contribution in [0.2, 0.25) is 0 Å². The van der Waals surface area contributed by atoms with Crippen LogP contribution in [0.5, 0.6) is 5.75 Å². The third kappa shape index (κ3) is 2.65. The van der Waals surface area contributed by atoms with Gasteiger partial charge < -0.3 is 4.74 Å². The number of Topliss-reactive ketones (excluding diaryl/α,β-unsaturated/α-hetero) is 1. The van der Waals surface area contributed by atoms with E-state index in [1.165, 1.54) is 6.42 Å². The first kappa shape index (κ1) is 14.1. The van der Waals surface area contributed by atoms with Gasteiger partial charge in [0.2, 0.25) is 0 Å². The van der Waals surface area contributed by atoms with Crippen molar-refractivity contribution >= 4 is 21.7 Å². The summed E-state index contributed by atoms with van der Waals surface area (Å²) in [5.41, 5.74) is 0.843. The largest absolute Gasteiger partial charge is 0.486 e. The Morgan fingerprint density at radius 1 is 1.15 bits per heavy atom. The molecule has 1 aliphatic heterocycles. The molecule has 20 heavy (non-hydrogen) atoms. The monoisotopic (exact) mass is 336 g/mol. The average Bonchev–Trinajstić information content (AvgIpc) is 2.51. The van der Waals surface area contributed by atoms with Crippen molar-refractivity contribution in [2.45, 2.75) is 58.0 Å². The normalized spacial score (nSPS) is 28.6. The molecule has 0 aromatic heterocycles. The summed E-state index contributed by atoms with van der Waals surface area (Å²) in [6, 6.07) is 5.76. The van der Waals surface area contributed by atoms with E-state index >= 15 is 0 Å². The lowest BCUT2D eigenvalue weighted by Gasteiger charge is -2.38. The molecule has 2 nitrogen and oxygen atoms in total. The smallest absolute Gasteiger partial charge is 0.170 e. The van der Waals surface area contributed by atoms with Gasteiger partial charge in [-0.25, -0.2) is 0 Å². The van der Waals surface area contributed by atoms with Gasteiger partial charge in [0, 0.05) is 4.47 Å². The summed E-state index contributed by atoms with van der Waals surface area (Å²) in [6.07, 6.45) is 6.02. The van der Waals surface area contributed by atoms with Gasteiger partial charge in [-0.1, -0.05) is 29.8 Å².